The van der Waals surface area contributed by atoms with Gasteiger partial charge in [0.25, 0.3) is 0 Å². The molecular formula is C11H17ClN5O11P3. The van der Waals surface area contributed by atoms with E-state index in [2.05, 4.69) is 28.1 Å². The molecule has 3 heterocycles. The monoisotopic (exact) mass is 523 g/mol. The molecule has 16 nitrogen and oxygen atoms in total. The summed E-state index contributed by atoms with van der Waals surface area (Å²) < 4.78 is 53.5. The maximum Gasteiger partial charge on any atom is 0.490 e. The van der Waals surface area contributed by atoms with Gasteiger partial charge < -0.3 is 30.0 Å². The molecule has 0 amide bonds. The number of ether oxygens (including phenoxy) is 1. The Morgan fingerprint density at radius 3 is 2.55 bits per heavy atom. The number of hydrogen-bond acceptors (Lipinski definition) is 11. The lowest BCUT2D eigenvalue weighted by Gasteiger charge is -2.28. The Kier molecular flexibility index (Phi) is 6.95. The molecule has 0 saturated carbocycles. The number of imidazole rings is 1. The zero-order valence-corrected chi connectivity index (χ0v) is 18.7. The number of fused-ring (bicyclic) bond motifs is 1. The molecule has 3 rings (SSSR count). The molecule has 2 aromatic heterocycles. The van der Waals surface area contributed by atoms with Crippen LogP contribution in [0.15, 0.2) is 12.7 Å². The van der Waals surface area contributed by atoms with Gasteiger partial charge in [-0.2, -0.15) is 8.62 Å². The van der Waals surface area contributed by atoms with E-state index in [0.29, 0.717) is 17.6 Å². The van der Waals surface area contributed by atoms with Crippen LogP contribution in [0, 0.1) is 0 Å². The molecule has 1 saturated heterocycles. The SMILES string of the molecule is Nc1ncnc2c1ncn2[C@H]1CC[C@@](CCl)(COP(=O)(O)OP(=O)(O)OP(=O)(O)O)O1. The number of alkyl halides is 1. The summed E-state index contributed by atoms with van der Waals surface area (Å²) >= 11 is 5.96. The summed E-state index contributed by atoms with van der Waals surface area (Å²) in [4.78, 5) is 48.0. The molecule has 0 bridgehead atoms. The molecule has 1 aliphatic heterocycles. The highest BCUT2D eigenvalue weighted by Gasteiger charge is 2.46. The van der Waals surface area contributed by atoms with Crippen molar-refractivity contribution in [2.45, 2.75) is 24.7 Å². The van der Waals surface area contributed by atoms with Gasteiger partial charge in [-0.1, -0.05) is 0 Å². The van der Waals surface area contributed by atoms with E-state index in [1.54, 1.807) is 4.57 Å². The first-order valence-corrected chi connectivity index (χ1v) is 13.3. The lowest BCUT2D eigenvalue weighted by Crippen LogP contribution is -2.36. The maximum atomic E-state index is 12.0. The molecule has 0 aliphatic carbocycles. The zero-order chi connectivity index (χ0) is 23.1. The second-order valence-corrected chi connectivity index (χ2v) is 11.1. The number of nitrogen functional groups attached to an aromatic ring is 1. The summed E-state index contributed by atoms with van der Waals surface area (Å²) in [5.41, 5.74) is 5.17. The third kappa shape index (κ3) is 6.08. The number of anilines is 1. The first-order chi connectivity index (χ1) is 14.2. The standard InChI is InChI=1S/C11H17ClN5O11P3/c12-3-11(4-25-30(21,22)28-31(23,24)27-29(18,19)20)2-1-7(26-11)17-6-16-8-9(13)14-5-15-10(8)17/h5-7H,1-4H2,(H,21,22)(H,23,24)(H2,13,14,15)(H2,18,19,20)/t7-,11-/m1/s1. The predicted molar refractivity (Wildman–Crippen MR) is 102 cm³/mol. The smallest absolute Gasteiger partial charge is 0.382 e. The molecular weight excluding hydrogens is 507 g/mol. The van der Waals surface area contributed by atoms with Crippen molar-refractivity contribution in [3.05, 3.63) is 12.7 Å². The van der Waals surface area contributed by atoms with E-state index < -0.39 is 41.9 Å². The molecule has 1 fully saturated rings. The van der Waals surface area contributed by atoms with Gasteiger partial charge in [0.1, 0.15) is 23.7 Å². The number of nitrogens with zero attached hydrogens (tertiary/aromatic N) is 4. The van der Waals surface area contributed by atoms with E-state index in [4.69, 9.17) is 31.9 Å². The van der Waals surface area contributed by atoms with Gasteiger partial charge in [-0.15, -0.1) is 11.6 Å². The van der Waals surface area contributed by atoms with E-state index in [1.165, 1.54) is 12.7 Å². The second kappa shape index (κ2) is 8.75. The van der Waals surface area contributed by atoms with Crippen LogP contribution in [-0.4, -0.2) is 57.2 Å². The van der Waals surface area contributed by atoms with Gasteiger partial charge >= 0.3 is 23.5 Å². The van der Waals surface area contributed by atoms with Crippen LogP contribution in [-0.2, 0) is 31.6 Å². The molecule has 0 radical (unpaired) electrons. The van der Waals surface area contributed by atoms with Gasteiger partial charge in [0.05, 0.1) is 18.8 Å². The van der Waals surface area contributed by atoms with Crippen LogP contribution in [0.5, 0.6) is 0 Å². The number of halogens is 1. The van der Waals surface area contributed by atoms with Crippen molar-refractivity contribution in [3.8, 4) is 0 Å². The normalized spacial score (nSPS) is 26.0. The molecule has 174 valence electrons. The molecule has 4 atom stereocenters. The predicted octanol–water partition coefficient (Wildman–Crippen LogP) is 1.04. The lowest BCUT2D eigenvalue weighted by atomic mass is 10.0. The topological polar surface area (TPSA) is 239 Å². The molecule has 0 spiro atoms. The number of nitrogens with two attached hydrogens (primary N) is 1. The Labute approximate surface area is 178 Å². The number of hydrogen-bond donors (Lipinski definition) is 5. The van der Waals surface area contributed by atoms with Crippen LogP contribution >= 0.6 is 35.1 Å². The van der Waals surface area contributed by atoms with Gasteiger partial charge in [0.15, 0.2) is 11.5 Å². The van der Waals surface area contributed by atoms with Gasteiger partial charge in [0.2, 0.25) is 0 Å². The van der Waals surface area contributed by atoms with Crippen molar-refractivity contribution < 1.29 is 51.2 Å². The van der Waals surface area contributed by atoms with Crippen LogP contribution in [0.1, 0.15) is 19.1 Å². The minimum atomic E-state index is -5.62. The Morgan fingerprint density at radius 2 is 1.90 bits per heavy atom. The van der Waals surface area contributed by atoms with Gasteiger partial charge in [-0.3, -0.25) is 9.09 Å². The maximum absolute atomic E-state index is 12.0. The Balaban J connectivity index is 1.69. The molecule has 1 aliphatic rings. The van der Waals surface area contributed by atoms with E-state index in [1.807, 2.05) is 0 Å². The first-order valence-electron chi connectivity index (χ1n) is 8.20. The van der Waals surface area contributed by atoms with E-state index in [0.717, 1.165) is 0 Å². The highest BCUT2D eigenvalue weighted by molar-refractivity contribution is 7.66. The van der Waals surface area contributed by atoms with Gasteiger partial charge in [-0.05, 0) is 12.8 Å². The van der Waals surface area contributed by atoms with E-state index >= 15 is 0 Å². The van der Waals surface area contributed by atoms with Crippen molar-refractivity contribution in [1.82, 2.24) is 19.5 Å². The van der Waals surface area contributed by atoms with E-state index in [-0.39, 0.29) is 18.1 Å². The number of phosphoric ester groups is 1. The quantitative estimate of drug-likeness (QED) is 0.228. The number of aromatic nitrogens is 4. The Hall–Kier alpha value is -0.990. The fourth-order valence-corrected chi connectivity index (χ4v) is 6.18. The Morgan fingerprint density at radius 1 is 1.19 bits per heavy atom. The van der Waals surface area contributed by atoms with E-state index in [9.17, 15) is 23.5 Å². The summed E-state index contributed by atoms with van der Waals surface area (Å²) in [5, 5.41) is 0. The summed E-state index contributed by atoms with van der Waals surface area (Å²) in [5.74, 6) is -0.0405. The number of rotatable bonds is 9. The van der Waals surface area contributed by atoms with Gasteiger partial charge in [-0.25, -0.2) is 28.6 Å². The number of phosphoric acid groups is 3. The van der Waals surface area contributed by atoms with Crippen molar-refractivity contribution >= 4 is 52.1 Å². The summed E-state index contributed by atoms with van der Waals surface area (Å²) in [7, 11) is -16.4. The highest BCUT2D eigenvalue weighted by Crippen LogP contribution is 2.66. The van der Waals surface area contributed by atoms with Crippen LogP contribution in [0.2, 0.25) is 0 Å². The van der Waals surface area contributed by atoms with Crippen molar-refractivity contribution in [2.75, 3.05) is 18.2 Å². The third-order valence-electron chi connectivity index (χ3n) is 4.08. The Bertz CT molecular complexity index is 1110. The van der Waals surface area contributed by atoms with Crippen LogP contribution < -0.4 is 5.73 Å². The fraction of sp³-hybridized carbons (Fsp3) is 0.545. The summed E-state index contributed by atoms with van der Waals surface area (Å²) in [6.07, 6.45) is 2.61. The third-order valence-corrected chi connectivity index (χ3v) is 8.35. The van der Waals surface area contributed by atoms with Crippen LogP contribution in [0.25, 0.3) is 11.2 Å². The average Bonchev–Trinajstić information content (AvgIpc) is 3.22. The molecule has 6 N–H and O–H groups in total. The van der Waals surface area contributed by atoms with Gasteiger partial charge in [0, 0.05) is 0 Å². The second-order valence-electron chi connectivity index (χ2n) is 6.38. The zero-order valence-electron chi connectivity index (χ0n) is 15.3. The molecule has 20 heteroatoms. The van der Waals surface area contributed by atoms with Crippen molar-refractivity contribution in [2.24, 2.45) is 0 Å². The van der Waals surface area contributed by atoms with Crippen LogP contribution in [0.4, 0.5) is 5.82 Å². The first kappa shape index (κ1) is 24.6. The molecule has 2 aromatic rings. The fourth-order valence-electron chi connectivity index (χ4n) is 2.82. The molecule has 0 aromatic carbocycles. The minimum Gasteiger partial charge on any atom is -0.382 e. The van der Waals surface area contributed by atoms with Crippen molar-refractivity contribution in [3.63, 3.8) is 0 Å². The summed E-state index contributed by atoms with van der Waals surface area (Å²) in [6.45, 7) is -0.666. The largest absolute Gasteiger partial charge is 0.490 e. The van der Waals surface area contributed by atoms with Crippen LogP contribution in [0.3, 0.4) is 0 Å². The lowest BCUT2D eigenvalue weighted by molar-refractivity contribution is -0.0816. The molecule has 2 unspecified atom stereocenters. The molecule has 31 heavy (non-hydrogen) atoms. The minimum absolute atomic E-state index is 0.165. The average molecular weight is 524 g/mol. The highest BCUT2D eigenvalue weighted by atomic mass is 35.5. The summed E-state index contributed by atoms with van der Waals surface area (Å²) in [6, 6.07) is 0. The van der Waals surface area contributed by atoms with Crippen molar-refractivity contribution in [1.29, 1.82) is 0 Å².